The molecule has 0 aromatic carbocycles. The van der Waals surface area contributed by atoms with Crippen molar-refractivity contribution >= 4 is 5.97 Å². The average Bonchev–Trinajstić information content (AvgIpc) is 3.00. The Kier molecular flexibility index (Phi) is 5.55. The van der Waals surface area contributed by atoms with Crippen molar-refractivity contribution < 1.29 is 24.5 Å². The minimum atomic E-state index is -1.78. The SMILES string of the molecule is C[C@H](CC(F)C(=O)O)[C@H]1CC[C@H]2[C@@H]3[C@H](O)C[C@@H]4C[C@H](O)CC[C@]4(C)[C@H]3CC[C@]12C. The molecule has 0 aromatic rings. The number of alkyl halides is 1. The number of aliphatic carboxylic acids is 1. The summed E-state index contributed by atoms with van der Waals surface area (Å²) < 4.78 is 13.9. The monoisotopic (exact) mass is 410 g/mol. The lowest BCUT2D eigenvalue weighted by Crippen LogP contribution is -2.58. The minimum Gasteiger partial charge on any atom is -0.479 e. The number of carbonyl (C=O) groups is 1. The second kappa shape index (κ2) is 7.47. The quantitative estimate of drug-likeness (QED) is 0.641. The van der Waals surface area contributed by atoms with Gasteiger partial charge in [0.25, 0.3) is 0 Å². The molecular weight excluding hydrogens is 371 g/mol. The highest BCUT2D eigenvalue weighted by molar-refractivity contribution is 5.72. The molecule has 3 N–H and O–H groups in total. The molecule has 11 atom stereocenters. The summed E-state index contributed by atoms with van der Waals surface area (Å²) in [5.74, 6) is 0.675. The first-order valence-corrected chi connectivity index (χ1v) is 11.8. The van der Waals surface area contributed by atoms with Gasteiger partial charge >= 0.3 is 5.97 Å². The molecule has 4 rings (SSSR count). The molecule has 0 amide bonds. The number of halogens is 1. The third kappa shape index (κ3) is 3.35. The molecule has 1 unspecified atom stereocenters. The largest absolute Gasteiger partial charge is 0.479 e. The molecule has 4 saturated carbocycles. The van der Waals surface area contributed by atoms with Gasteiger partial charge in [0.1, 0.15) is 0 Å². The van der Waals surface area contributed by atoms with Crippen LogP contribution in [-0.2, 0) is 4.79 Å². The first-order valence-electron chi connectivity index (χ1n) is 11.8. The van der Waals surface area contributed by atoms with E-state index in [0.29, 0.717) is 29.6 Å². The first kappa shape index (κ1) is 21.5. The topological polar surface area (TPSA) is 77.8 Å². The van der Waals surface area contributed by atoms with E-state index < -0.39 is 12.1 Å². The maximum Gasteiger partial charge on any atom is 0.338 e. The van der Waals surface area contributed by atoms with Crippen LogP contribution in [0.3, 0.4) is 0 Å². The van der Waals surface area contributed by atoms with Crippen LogP contribution in [0.15, 0.2) is 0 Å². The van der Waals surface area contributed by atoms with Crippen molar-refractivity contribution in [3.05, 3.63) is 0 Å². The second-order valence-electron chi connectivity index (χ2n) is 11.5. The maximum absolute atomic E-state index is 13.9. The third-order valence-electron chi connectivity index (χ3n) is 10.3. The van der Waals surface area contributed by atoms with E-state index in [1.807, 2.05) is 6.92 Å². The lowest BCUT2D eigenvalue weighted by Gasteiger charge is -2.62. The van der Waals surface area contributed by atoms with Crippen LogP contribution in [0.5, 0.6) is 0 Å². The average molecular weight is 411 g/mol. The van der Waals surface area contributed by atoms with Crippen LogP contribution in [-0.4, -0.2) is 39.7 Å². The van der Waals surface area contributed by atoms with Gasteiger partial charge in [0.05, 0.1) is 12.2 Å². The second-order valence-corrected chi connectivity index (χ2v) is 11.5. The highest BCUT2D eigenvalue weighted by Gasteiger charge is 2.62. The number of hydrogen-bond acceptors (Lipinski definition) is 3. The fourth-order valence-electron chi connectivity index (χ4n) is 8.77. The van der Waals surface area contributed by atoms with Crippen LogP contribution < -0.4 is 0 Å². The zero-order chi connectivity index (χ0) is 21.1. The molecule has 4 aliphatic rings. The molecule has 29 heavy (non-hydrogen) atoms. The van der Waals surface area contributed by atoms with E-state index >= 15 is 0 Å². The van der Waals surface area contributed by atoms with Crippen LogP contribution in [0, 0.1) is 46.3 Å². The molecule has 0 radical (unpaired) electrons. The van der Waals surface area contributed by atoms with Gasteiger partial charge in [0.2, 0.25) is 0 Å². The summed E-state index contributed by atoms with van der Waals surface area (Å²) in [4.78, 5) is 11.0. The summed E-state index contributed by atoms with van der Waals surface area (Å²) >= 11 is 0. The minimum absolute atomic E-state index is 0.0431. The Bertz CT molecular complexity index is 640. The molecule has 0 bridgehead atoms. The van der Waals surface area contributed by atoms with Crippen molar-refractivity contribution in [1.82, 2.24) is 0 Å². The smallest absolute Gasteiger partial charge is 0.338 e. The summed E-state index contributed by atoms with van der Waals surface area (Å²) in [6.07, 6.45) is 5.61. The Labute approximate surface area is 174 Å². The molecule has 4 fully saturated rings. The molecule has 0 spiro atoms. The molecule has 0 aromatic heterocycles. The lowest BCUT2D eigenvalue weighted by atomic mass is 9.43. The Morgan fingerprint density at radius 2 is 1.69 bits per heavy atom. The standard InChI is InChI=1S/C24H39FO4/c1-13(10-19(25)22(28)29)16-4-5-17-21-18(7-9-24(16,17)3)23(2)8-6-15(26)11-14(23)12-20(21)27/h13-21,26-27H,4-12H2,1-3H3,(H,28,29)/t13-,14+,15-,16-,17+,18+,19?,20-,21+,23+,24-/m1/s1. The maximum atomic E-state index is 13.9. The fourth-order valence-corrected chi connectivity index (χ4v) is 8.77. The van der Waals surface area contributed by atoms with Gasteiger partial charge in [-0.1, -0.05) is 20.8 Å². The van der Waals surface area contributed by atoms with Crippen LogP contribution in [0.25, 0.3) is 0 Å². The van der Waals surface area contributed by atoms with Gasteiger partial charge in [-0.15, -0.1) is 0 Å². The van der Waals surface area contributed by atoms with Crippen molar-refractivity contribution in [3.8, 4) is 0 Å². The number of aliphatic hydroxyl groups is 2. The molecule has 0 saturated heterocycles. The van der Waals surface area contributed by atoms with E-state index in [9.17, 15) is 19.4 Å². The zero-order valence-electron chi connectivity index (χ0n) is 18.2. The Morgan fingerprint density at radius 3 is 2.38 bits per heavy atom. The normalized spacial score (nSPS) is 51.4. The van der Waals surface area contributed by atoms with Crippen LogP contribution >= 0.6 is 0 Å². The molecular formula is C24H39FO4. The molecule has 0 heterocycles. The Morgan fingerprint density at radius 1 is 1.03 bits per heavy atom. The summed E-state index contributed by atoms with van der Waals surface area (Å²) in [5, 5.41) is 30.4. The van der Waals surface area contributed by atoms with Gasteiger partial charge in [-0.2, -0.15) is 0 Å². The van der Waals surface area contributed by atoms with E-state index in [1.165, 1.54) is 0 Å². The van der Waals surface area contributed by atoms with Crippen molar-refractivity contribution in [1.29, 1.82) is 0 Å². The molecule has 4 nitrogen and oxygen atoms in total. The zero-order valence-corrected chi connectivity index (χ0v) is 18.2. The van der Waals surface area contributed by atoms with E-state index in [1.54, 1.807) is 0 Å². The van der Waals surface area contributed by atoms with Crippen LogP contribution in [0.2, 0.25) is 0 Å². The first-order chi connectivity index (χ1) is 13.6. The van der Waals surface area contributed by atoms with E-state index in [4.69, 9.17) is 5.11 Å². The van der Waals surface area contributed by atoms with E-state index in [-0.39, 0.29) is 35.4 Å². The summed E-state index contributed by atoms with van der Waals surface area (Å²) in [5.41, 5.74) is 0.276. The lowest BCUT2D eigenvalue weighted by molar-refractivity contribution is -0.174. The van der Waals surface area contributed by atoms with Gasteiger partial charge in [-0.25, -0.2) is 9.18 Å². The van der Waals surface area contributed by atoms with Gasteiger partial charge < -0.3 is 15.3 Å². The van der Waals surface area contributed by atoms with Gasteiger partial charge in [0, 0.05) is 0 Å². The van der Waals surface area contributed by atoms with Crippen LogP contribution in [0.4, 0.5) is 4.39 Å². The number of carboxylic acid groups (broad SMARTS) is 1. The van der Waals surface area contributed by atoms with Gasteiger partial charge in [-0.3, -0.25) is 0 Å². The Balaban J connectivity index is 1.56. The molecule has 4 aliphatic carbocycles. The van der Waals surface area contributed by atoms with E-state index in [2.05, 4.69) is 13.8 Å². The number of hydrogen-bond donors (Lipinski definition) is 3. The highest BCUT2D eigenvalue weighted by atomic mass is 19.1. The van der Waals surface area contributed by atoms with Crippen molar-refractivity contribution in [2.75, 3.05) is 0 Å². The number of fused-ring (bicyclic) bond motifs is 5. The van der Waals surface area contributed by atoms with Crippen LogP contribution in [0.1, 0.15) is 78.6 Å². The van der Waals surface area contributed by atoms with E-state index in [0.717, 1.165) is 51.4 Å². The number of aliphatic hydroxyl groups excluding tert-OH is 2. The predicted octanol–water partition coefficient (Wildman–Crippen LogP) is 4.43. The fraction of sp³-hybridized carbons (Fsp3) is 0.958. The number of rotatable bonds is 4. The molecule has 166 valence electrons. The summed E-state index contributed by atoms with van der Waals surface area (Å²) in [6, 6.07) is 0. The van der Waals surface area contributed by atoms with Crippen molar-refractivity contribution in [3.63, 3.8) is 0 Å². The van der Waals surface area contributed by atoms with Gasteiger partial charge in [0.15, 0.2) is 6.17 Å². The van der Waals surface area contributed by atoms with Crippen molar-refractivity contribution in [2.24, 2.45) is 46.3 Å². The third-order valence-corrected chi connectivity index (χ3v) is 10.3. The summed E-state index contributed by atoms with van der Waals surface area (Å²) in [6.45, 7) is 6.77. The highest BCUT2D eigenvalue weighted by Crippen LogP contribution is 2.68. The predicted molar refractivity (Wildman–Crippen MR) is 109 cm³/mol. The molecule has 0 aliphatic heterocycles. The number of carboxylic acids is 1. The van der Waals surface area contributed by atoms with Gasteiger partial charge in [-0.05, 0) is 104 Å². The summed E-state index contributed by atoms with van der Waals surface area (Å²) in [7, 11) is 0. The van der Waals surface area contributed by atoms with Crippen molar-refractivity contribution in [2.45, 2.75) is 96.9 Å². The molecule has 5 heteroatoms. The Hall–Kier alpha value is -0.680.